The van der Waals surface area contributed by atoms with E-state index in [2.05, 4.69) is 38.0 Å². The number of hydrogen-bond acceptors (Lipinski definition) is 3. The van der Waals surface area contributed by atoms with Crippen LogP contribution in [0.2, 0.25) is 0 Å². The molecule has 1 aromatic carbocycles. The monoisotopic (exact) mass is 273 g/mol. The van der Waals surface area contributed by atoms with Crippen molar-refractivity contribution in [1.82, 2.24) is 9.78 Å². The summed E-state index contributed by atoms with van der Waals surface area (Å²) in [5, 5.41) is 4.36. The molecular formula is C16H23N3O. The number of aromatic nitrogens is 2. The molecule has 2 N–H and O–H groups in total. The van der Waals surface area contributed by atoms with Gasteiger partial charge in [0.15, 0.2) is 0 Å². The Balaban J connectivity index is 2.36. The number of benzene rings is 1. The van der Waals surface area contributed by atoms with Crippen LogP contribution in [0.25, 0.3) is 0 Å². The second-order valence-corrected chi connectivity index (χ2v) is 6.08. The Morgan fingerprint density at radius 3 is 2.60 bits per heavy atom. The van der Waals surface area contributed by atoms with Crippen molar-refractivity contribution in [2.75, 3.05) is 0 Å². The lowest BCUT2D eigenvalue weighted by molar-refractivity contribution is 0.424. The zero-order valence-electron chi connectivity index (χ0n) is 12.9. The minimum atomic E-state index is 0.0957. The summed E-state index contributed by atoms with van der Waals surface area (Å²) in [6.07, 6.45) is 0. The zero-order chi connectivity index (χ0) is 14.9. The third-order valence-corrected chi connectivity index (χ3v) is 3.41. The molecule has 4 nitrogen and oxygen atoms in total. The molecule has 0 radical (unpaired) electrons. The first kappa shape index (κ1) is 14.6. The molecule has 0 aliphatic rings. The van der Waals surface area contributed by atoms with Gasteiger partial charge in [-0.25, -0.2) is 4.68 Å². The fourth-order valence-corrected chi connectivity index (χ4v) is 2.18. The third kappa shape index (κ3) is 2.85. The summed E-state index contributed by atoms with van der Waals surface area (Å²) < 4.78 is 7.75. The molecule has 1 aromatic heterocycles. The Labute approximate surface area is 120 Å². The van der Waals surface area contributed by atoms with Gasteiger partial charge < -0.3 is 10.5 Å². The molecule has 1 heterocycles. The third-order valence-electron chi connectivity index (χ3n) is 3.41. The quantitative estimate of drug-likeness (QED) is 0.933. The van der Waals surface area contributed by atoms with Crippen molar-refractivity contribution in [3.8, 4) is 11.6 Å². The van der Waals surface area contributed by atoms with Crippen molar-refractivity contribution in [3.05, 3.63) is 41.1 Å². The van der Waals surface area contributed by atoms with Gasteiger partial charge in [0.2, 0.25) is 5.88 Å². The molecule has 0 unspecified atom stereocenters. The van der Waals surface area contributed by atoms with Crippen molar-refractivity contribution in [1.29, 1.82) is 0 Å². The standard InChI is InChI=1S/C16H23N3O/c1-11-14(10-17)15(19(5)18-11)20-13-8-6-7-12(9-13)16(2,3)4/h6-9H,10,17H2,1-5H3. The smallest absolute Gasteiger partial charge is 0.222 e. The van der Waals surface area contributed by atoms with Crippen LogP contribution in [0.15, 0.2) is 24.3 Å². The highest BCUT2D eigenvalue weighted by molar-refractivity contribution is 5.38. The Kier molecular flexibility index (Phi) is 3.86. The summed E-state index contributed by atoms with van der Waals surface area (Å²) in [7, 11) is 1.87. The van der Waals surface area contributed by atoms with Gasteiger partial charge in [-0.2, -0.15) is 5.10 Å². The summed E-state index contributed by atoms with van der Waals surface area (Å²) in [5.74, 6) is 1.53. The summed E-state index contributed by atoms with van der Waals surface area (Å²) in [6.45, 7) is 8.93. The molecule has 0 amide bonds. The lowest BCUT2D eigenvalue weighted by atomic mass is 9.87. The van der Waals surface area contributed by atoms with Gasteiger partial charge in [0.1, 0.15) is 5.75 Å². The number of hydrogen-bond donors (Lipinski definition) is 1. The van der Waals surface area contributed by atoms with Crippen LogP contribution < -0.4 is 10.5 Å². The Bertz CT molecular complexity index is 609. The van der Waals surface area contributed by atoms with Crippen LogP contribution in [0.5, 0.6) is 11.6 Å². The first-order valence-electron chi connectivity index (χ1n) is 6.84. The van der Waals surface area contributed by atoms with Gasteiger partial charge in [-0.15, -0.1) is 0 Å². The Morgan fingerprint density at radius 1 is 1.30 bits per heavy atom. The van der Waals surface area contributed by atoms with Crippen LogP contribution in [0.3, 0.4) is 0 Å². The normalized spacial score (nSPS) is 11.7. The first-order valence-corrected chi connectivity index (χ1v) is 6.84. The van der Waals surface area contributed by atoms with Gasteiger partial charge in [0.25, 0.3) is 0 Å². The maximum absolute atomic E-state index is 6.01. The molecule has 20 heavy (non-hydrogen) atoms. The summed E-state index contributed by atoms with van der Waals surface area (Å²) in [5.41, 5.74) is 8.99. The van der Waals surface area contributed by atoms with Crippen molar-refractivity contribution in [3.63, 3.8) is 0 Å². The maximum atomic E-state index is 6.01. The number of nitrogens with zero attached hydrogens (tertiary/aromatic N) is 2. The average molecular weight is 273 g/mol. The Hall–Kier alpha value is -1.81. The van der Waals surface area contributed by atoms with E-state index in [1.807, 2.05) is 26.1 Å². The second kappa shape index (κ2) is 5.29. The molecule has 0 atom stereocenters. The fraction of sp³-hybridized carbons (Fsp3) is 0.438. The molecule has 0 spiro atoms. The highest BCUT2D eigenvalue weighted by atomic mass is 16.5. The van der Waals surface area contributed by atoms with E-state index >= 15 is 0 Å². The van der Waals surface area contributed by atoms with Crippen LogP contribution in [-0.2, 0) is 19.0 Å². The van der Waals surface area contributed by atoms with Crippen molar-refractivity contribution >= 4 is 0 Å². The highest BCUT2D eigenvalue weighted by Crippen LogP contribution is 2.30. The van der Waals surface area contributed by atoms with Gasteiger partial charge in [-0.1, -0.05) is 32.9 Å². The van der Waals surface area contributed by atoms with Crippen molar-refractivity contribution in [2.24, 2.45) is 12.8 Å². The number of rotatable bonds is 3. The minimum absolute atomic E-state index is 0.0957. The van der Waals surface area contributed by atoms with Gasteiger partial charge >= 0.3 is 0 Å². The molecule has 0 fully saturated rings. The number of aryl methyl sites for hydroxylation is 2. The van der Waals surface area contributed by atoms with E-state index in [1.165, 1.54) is 5.56 Å². The predicted octanol–water partition coefficient (Wildman–Crippen LogP) is 3.28. The maximum Gasteiger partial charge on any atom is 0.222 e. The van der Waals surface area contributed by atoms with Crippen LogP contribution in [0.4, 0.5) is 0 Å². The molecular weight excluding hydrogens is 250 g/mol. The molecule has 2 rings (SSSR count). The Morgan fingerprint density at radius 2 is 2.00 bits per heavy atom. The highest BCUT2D eigenvalue weighted by Gasteiger charge is 2.17. The number of nitrogens with two attached hydrogens (primary N) is 1. The van der Waals surface area contributed by atoms with Gasteiger partial charge in [-0.3, -0.25) is 0 Å². The van der Waals surface area contributed by atoms with E-state index in [4.69, 9.17) is 10.5 Å². The molecule has 2 aromatic rings. The number of ether oxygens (including phenoxy) is 1. The van der Waals surface area contributed by atoms with Crippen LogP contribution in [0, 0.1) is 6.92 Å². The fourth-order valence-electron chi connectivity index (χ4n) is 2.18. The molecule has 0 bridgehead atoms. The van der Waals surface area contributed by atoms with Crippen LogP contribution in [0.1, 0.15) is 37.6 Å². The molecule has 0 saturated carbocycles. The van der Waals surface area contributed by atoms with Crippen LogP contribution >= 0.6 is 0 Å². The zero-order valence-corrected chi connectivity index (χ0v) is 12.9. The molecule has 0 aliphatic heterocycles. The van der Waals surface area contributed by atoms with E-state index < -0.39 is 0 Å². The first-order chi connectivity index (χ1) is 9.32. The van der Waals surface area contributed by atoms with E-state index in [-0.39, 0.29) is 5.41 Å². The van der Waals surface area contributed by atoms with E-state index in [0.29, 0.717) is 6.54 Å². The molecule has 0 saturated heterocycles. The average Bonchev–Trinajstić information content (AvgIpc) is 2.63. The lowest BCUT2D eigenvalue weighted by Crippen LogP contribution is -2.10. The second-order valence-electron chi connectivity index (χ2n) is 6.08. The van der Waals surface area contributed by atoms with E-state index in [1.54, 1.807) is 4.68 Å². The van der Waals surface area contributed by atoms with Gasteiger partial charge in [0, 0.05) is 13.6 Å². The lowest BCUT2D eigenvalue weighted by Gasteiger charge is -2.19. The van der Waals surface area contributed by atoms with Crippen LogP contribution in [-0.4, -0.2) is 9.78 Å². The largest absolute Gasteiger partial charge is 0.439 e. The molecule has 108 valence electrons. The molecule has 4 heteroatoms. The van der Waals surface area contributed by atoms with Crippen molar-refractivity contribution in [2.45, 2.75) is 39.7 Å². The summed E-state index contributed by atoms with van der Waals surface area (Å²) >= 11 is 0. The van der Waals surface area contributed by atoms with E-state index in [9.17, 15) is 0 Å². The van der Waals surface area contributed by atoms with E-state index in [0.717, 1.165) is 22.9 Å². The summed E-state index contributed by atoms with van der Waals surface area (Å²) in [6, 6.07) is 8.16. The SMILES string of the molecule is Cc1nn(C)c(Oc2cccc(C(C)(C)C)c2)c1CN. The molecule has 0 aliphatic carbocycles. The summed E-state index contributed by atoms with van der Waals surface area (Å²) in [4.78, 5) is 0. The van der Waals surface area contributed by atoms with Gasteiger partial charge in [-0.05, 0) is 30.0 Å². The minimum Gasteiger partial charge on any atom is -0.439 e. The topological polar surface area (TPSA) is 53.1 Å². The van der Waals surface area contributed by atoms with Gasteiger partial charge in [0.05, 0.1) is 11.3 Å². The predicted molar refractivity (Wildman–Crippen MR) is 81.1 cm³/mol. The van der Waals surface area contributed by atoms with Crippen molar-refractivity contribution < 1.29 is 4.74 Å².